The minimum absolute atomic E-state index is 0.0299. The van der Waals surface area contributed by atoms with Crippen LogP contribution in [0.1, 0.15) is 35.6 Å². The summed E-state index contributed by atoms with van der Waals surface area (Å²) in [6, 6.07) is 7.29. The molecule has 0 radical (unpaired) electrons. The first kappa shape index (κ1) is 16.8. The van der Waals surface area contributed by atoms with Crippen molar-refractivity contribution in [1.29, 1.82) is 0 Å². The molecule has 2 aromatic heterocycles. The van der Waals surface area contributed by atoms with Gasteiger partial charge in [-0.2, -0.15) is 0 Å². The van der Waals surface area contributed by atoms with Crippen LogP contribution in [0.4, 0.5) is 0 Å². The topological polar surface area (TPSA) is 102 Å². The highest BCUT2D eigenvalue weighted by Gasteiger charge is 2.29. The van der Waals surface area contributed by atoms with Crippen molar-refractivity contribution in [1.82, 2.24) is 9.97 Å². The zero-order valence-corrected chi connectivity index (χ0v) is 14.3. The molecule has 2 heterocycles. The number of ketones is 1. The number of hydrogen-bond acceptors (Lipinski definition) is 4. The van der Waals surface area contributed by atoms with Gasteiger partial charge in [0.2, 0.25) is 11.5 Å². The summed E-state index contributed by atoms with van der Waals surface area (Å²) in [5, 5.41) is 13.2. The summed E-state index contributed by atoms with van der Waals surface area (Å²) >= 11 is 0. The third-order valence-electron chi connectivity index (χ3n) is 4.00. The number of hydrogen-bond donors (Lipinski definition) is 2. The van der Waals surface area contributed by atoms with Crippen molar-refractivity contribution in [2.24, 2.45) is 5.92 Å². The van der Waals surface area contributed by atoms with Gasteiger partial charge in [-0.1, -0.05) is 32.0 Å². The number of methoxy groups -OCH3 is 1. The van der Waals surface area contributed by atoms with E-state index in [-0.39, 0.29) is 29.6 Å². The third kappa shape index (κ3) is 2.88. The second kappa shape index (κ2) is 6.43. The minimum Gasteiger partial charge on any atom is -0.616 e. The number of fused-ring (bicyclic) bond motifs is 1. The van der Waals surface area contributed by atoms with E-state index in [4.69, 9.17) is 4.74 Å². The van der Waals surface area contributed by atoms with Crippen LogP contribution in [0, 0.1) is 11.1 Å². The van der Waals surface area contributed by atoms with Crippen molar-refractivity contribution in [3.63, 3.8) is 0 Å². The van der Waals surface area contributed by atoms with E-state index < -0.39 is 11.3 Å². The van der Waals surface area contributed by atoms with Gasteiger partial charge in [-0.3, -0.25) is 9.59 Å². The minimum atomic E-state index is -0.576. The lowest BCUT2D eigenvalue weighted by Gasteiger charge is -2.11. The number of nitrogens with zero attached hydrogens (tertiary/aromatic N) is 1. The Kier molecular flexibility index (Phi) is 4.31. The lowest BCUT2D eigenvalue weighted by molar-refractivity contribution is -0.622. The van der Waals surface area contributed by atoms with Crippen LogP contribution < -0.4 is 15.0 Å². The second-order valence-corrected chi connectivity index (χ2v) is 6.25. The fourth-order valence-corrected chi connectivity index (χ4v) is 2.85. The number of para-hydroxylation sites is 1. The van der Waals surface area contributed by atoms with Crippen molar-refractivity contribution in [3.05, 3.63) is 63.0 Å². The number of rotatable bonds is 5. The first-order valence-electron chi connectivity index (χ1n) is 7.97. The summed E-state index contributed by atoms with van der Waals surface area (Å²) in [4.78, 5) is 30.8. The Balaban J connectivity index is 2.16. The van der Waals surface area contributed by atoms with Crippen LogP contribution in [0.3, 0.4) is 0 Å². The molecule has 0 bridgehead atoms. The quantitative estimate of drug-likeness (QED) is 0.420. The van der Waals surface area contributed by atoms with E-state index >= 15 is 0 Å². The summed E-state index contributed by atoms with van der Waals surface area (Å²) in [6.45, 7) is 3.80. The normalized spacial score (nSPS) is 11.2. The van der Waals surface area contributed by atoms with E-state index in [0.717, 1.165) is 5.52 Å². The standard InChI is InChI=1S/C18H19N3O4/c1-10(2)8-14-17(23)20-15(18(25-3)21(14)24)16(22)12-9-19-13-7-5-4-6-11(12)13/h4-7,9-10,19H,8H2,1-3H3,(H,20,23). The Morgan fingerprint density at radius 1 is 1.32 bits per heavy atom. The first-order valence-corrected chi connectivity index (χ1v) is 7.97. The molecule has 0 aliphatic heterocycles. The summed E-state index contributed by atoms with van der Waals surface area (Å²) in [6.07, 6.45) is 1.85. The molecule has 0 amide bonds. The molecule has 7 heteroatoms. The van der Waals surface area contributed by atoms with E-state index in [0.29, 0.717) is 15.7 Å². The Morgan fingerprint density at radius 3 is 2.72 bits per heavy atom. The van der Waals surface area contributed by atoms with Gasteiger partial charge in [0.05, 0.1) is 7.11 Å². The molecule has 0 unspecified atom stereocenters. The molecule has 0 fully saturated rings. The Hall–Kier alpha value is -3.09. The van der Waals surface area contributed by atoms with Gasteiger partial charge in [0.15, 0.2) is 0 Å². The smallest absolute Gasteiger partial charge is 0.408 e. The molecular formula is C18H19N3O4. The highest BCUT2D eigenvalue weighted by molar-refractivity contribution is 6.16. The molecule has 0 saturated carbocycles. The van der Waals surface area contributed by atoms with Gasteiger partial charge >= 0.3 is 11.4 Å². The van der Waals surface area contributed by atoms with Crippen LogP contribution in [0.2, 0.25) is 0 Å². The molecule has 0 saturated heterocycles. The number of carbonyl (C=O) groups is 1. The number of aromatic amines is 2. The summed E-state index contributed by atoms with van der Waals surface area (Å²) in [5.74, 6) is -0.571. The van der Waals surface area contributed by atoms with Crippen molar-refractivity contribution < 1.29 is 14.3 Å². The highest BCUT2D eigenvalue weighted by Crippen LogP contribution is 2.22. The summed E-state index contributed by atoms with van der Waals surface area (Å²) in [5.41, 5.74) is 0.453. The average Bonchev–Trinajstić information content (AvgIpc) is 3.01. The SMILES string of the molecule is COc1c(C(=O)c2c[nH]c3ccccc23)[nH]c(=O)c(CC(C)C)[n+]1[O-]. The maximum Gasteiger partial charge on any atom is 0.408 e. The molecule has 3 rings (SSSR count). The number of carbonyl (C=O) groups excluding carboxylic acids is 1. The molecule has 130 valence electrons. The van der Waals surface area contributed by atoms with Crippen molar-refractivity contribution in [2.45, 2.75) is 20.3 Å². The van der Waals surface area contributed by atoms with E-state index in [1.165, 1.54) is 7.11 Å². The first-order chi connectivity index (χ1) is 11.9. The zero-order chi connectivity index (χ0) is 18.1. The number of nitrogens with one attached hydrogen (secondary N) is 2. The summed E-state index contributed by atoms with van der Waals surface area (Å²) in [7, 11) is 1.30. The Bertz CT molecular complexity index is 1000. The third-order valence-corrected chi connectivity index (χ3v) is 4.00. The highest BCUT2D eigenvalue weighted by atomic mass is 16.5. The molecule has 7 nitrogen and oxygen atoms in total. The van der Waals surface area contributed by atoms with Gasteiger partial charge in [-0.05, 0) is 12.0 Å². The predicted molar refractivity (Wildman–Crippen MR) is 92.8 cm³/mol. The fourth-order valence-electron chi connectivity index (χ4n) is 2.85. The largest absolute Gasteiger partial charge is 0.616 e. The zero-order valence-electron chi connectivity index (χ0n) is 14.3. The van der Waals surface area contributed by atoms with E-state index in [1.54, 1.807) is 12.3 Å². The Labute approximate surface area is 143 Å². The Morgan fingerprint density at radius 2 is 2.04 bits per heavy atom. The number of H-pyrrole nitrogens is 2. The molecule has 3 aromatic rings. The van der Waals surface area contributed by atoms with Gasteiger partial charge < -0.3 is 19.9 Å². The predicted octanol–water partition coefficient (Wildman–Crippen LogP) is 1.93. The monoisotopic (exact) mass is 341 g/mol. The van der Waals surface area contributed by atoms with E-state index in [1.807, 2.05) is 32.0 Å². The van der Waals surface area contributed by atoms with Gasteiger partial charge in [-0.15, -0.1) is 4.73 Å². The van der Waals surface area contributed by atoms with Gasteiger partial charge in [0, 0.05) is 29.1 Å². The maximum atomic E-state index is 12.9. The van der Waals surface area contributed by atoms with Crippen molar-refractivity contribution >= 4 is 16.7 Å². The fraction of sp³-hybridized carbons (Fsp3) is 0.278. The van der Waals surface area contributed by atoms with Gasteiger partial charge in [0.1, 0.15) is 0 Å². The molecule has 1 aromatic carbocycles. The van der Waals surface area contributed by atoms with Gasteiger partial charge in [-0.25, -0.2) is 0 Å². The molecule has 0 atom stereocenters. The molecule has 2 N–H and O–H groups in total. The van der Waals surface area contributed by atoms with Crippen LogP contribution in [-0.4, -0.2) is 22.9 Å². The van der Waals surface area contributed by atoms with Crippen LogP contribution in [0.25, 0.3) is 10.9 Å². The van der Waals surface area contributed by atoms with Crippen LogP contribution in [0.15, 0.2) is 35.3 Å². The molecule has 25 heavy (non-hydrogen) atoms. The van der Waals surface area contributed by atoms with Crippen LogP contribution in [-0.2, 0) is 6.42 Å². The van der Waals surface area contributed by atoms with Crippen LogP contribution >= 0.6 is 0 Å². The van der Waals surface area contributed by atoms with Crippen molar-refractivity contribution in [3.8, 4) is 5.88 Å². The van der Waals surface area contributed by atoms with E-state index in [9.17, 15) is 14.8 Å². The summed E-state index contributed by atoms with van der Waals surface area (Å²) < 4.78 is 5.55. The number of ether oxygens (including phenoxy) is 1. The number of aromatic nitrogens is 3. The lowest BCUT2D eigenvalue weighted by Crippen LogP contribution is -2.43. The average molecular weight is 341 g/mol. The van der Waals surface area contributed by atoms with E-state index in [2.05, 4.69) is 9.97 Å². The maximum absolute atomic E-state index is 12.9. The number of benzene rings is 1. The van der Waals surface area contributed by atoms with Crippen LogP contribution in [0.5, 0.6) is 5.88 Å². The molecule has 0 spiro atoms. The molecule has 0 aliphatic rings. The molecular weight excluding hydrogens is 322 g/mol. The van der Waals surface area contributed by atoms with Crippen molar-refractivity contribution in [2.75, 3.05) is 7.11 Å². The lowest BCUT2D eigenvalue weighted by atomic mass is 10.1. The molecule has 0 aliphatic carbocycles. The van der Waals surface area contributed by atoms with Gasteiger partial charge in [0.25, 0.3) is 5.69 Å². The second-order valence-electron chi connectivity index (χ2n) is 6.25.